The van der Waals surface area contributed by atoms with Gasteiger partial charge in [-0.2, -0.15) is 0 Å². The monoisotopic (exact) mass is 420 g/mol. The predicted molar refractivity (Wildman–Crippen MR) is 127 cm³/mol. The molecule has 2 aliphatic rings. The number of carbonyl (C=O) groups excluding carboxylic acids is 1. The van der Waals surface area contributed by atoms with Crippen molar-refractivity contribution in [1.29, 1.82) is 0 Å². The molecule has 0 unspecified atom stereocenters. The van der Waals surface area contributed by atoms with Gasteiger partial charge in [0.25, 0.3) is 0 Å². The molecule has 0 saturated heterocycles. The summed E-state index contributed by atoms with van der Waals surface area (Å²) in [5.74, 6) is 1.06. The molecule has 31 heavy (non-hydrogen) atoms. The molecular weight excluding hydrogens is 384 g/mol. The van der Waals surface area contributed by atoms with Gasteiger partial charge in [-0.05, 0) is 62.0 Å². The van der Waals surface area contributed by atoms with E-state index in [1.165, 1.54) is 36.1 Å². The summed E-state index contributed by atoms with van der Waals surface area (Å²) >= 11 is 0. The van der Waals surface area contributed by atoms with Gasteiger partial charge in [0.1, 0.15) is 0 Å². The number of fused-ring (bicyclic) bond motifs is 1. The number of carbonyl (C=O) groups is 1. The number of amides is 1. The van der Waals surface area contributed by atoms with Crippen molar-refractivity contribution in [1.82, 2.24) is 14.7 Å². The summed E-state index contributed by atoms with van der Waals surface area (Å²) in [6.07, 6.45) is 3.89. The smallest absolute Gasteiger partial charge is 0.242 e. The quantitative estimate of drug-likeness (QED) is 0.639. The summed E-state index contributed by atoms with van der Waals surface area (Å²) in [5.41, 5.74) is 5.10. The van der Waals surface area contributed by atoms with E-state index in [-0.39, 0.29) is 5.91 Å². The zero-order valence-electron chi connectivity index (χ0n) is 19.0. The van der Waals surface area contributed by atoms with Crippen LogP contribution in [0.25, 0.3) is 0 Å². The lowest BCUT2D eigenvalue weighted by Crippen LogP contribution is -2.39. The lowest BCUT2D eigenvalue weighted by Gasteiger charge is -2.31. The molecule has 166 valence electrons. The van der Waals surface area contributed by atoms with Crippen LogP contribution in [-0.2, 0) is 24.3 Å². The molecule has 5 heteroatoms. The Balaban J connectivity index is 1.40. The number of hydrogen-bond acceptors (Lipinski definition) is 4. The maximum atomic E-state index is 13.2. The van der Waals surface area contributed by atoms with Crippen LogP contribution in [0.15, 0.2) is 48.5 Å². The van der Waals surface area contributed by atoms with Gasteiger partial charge in [-0.3, -0.25) is 9.69 Å². The van der Waals surface area contributed by atoms with Crippen LogP contribution < -0.4 is 5.32 Å². The Bertz CT molecular complexity index is 863. The number of nitrogens with one attached hydrogen (secondary N) is 1. The topological polar surface area (TPSA) is 38.8 Å². The largest absolute Gasteiger partial charge is 0.376 e. The minimum atomic E-state index is 0.147. The summed E-state index contributed by atoms with van der Waals surface area (Å²) in [5, 5.41) is 3.48. The Morgan fingerprint density at radius 3 is 2.61 bits per heavy atom. The van der Waals surface area contributed by atoms with E-state index in [4.69, 9.17) is 0 Å². The standard InChI is InChI=1S/C26H36N4O/c1-28(2)15-16-30(19-21-7-4-3-5-8-21)26(31)17-27-25-10-6-9-23-13-14-29(20-24(23)25)18-22-11-12-22/h3-10,22,27H,11-20H2,1-2H3. The first kappa shape index (κ1) is 21.8. The van der Waals surface area contributed by atoms with Crippen LogP contribution in [0.1, 0.15) is 29.5 Å². The maximum Gasteiger partial charge on any atom is 0.242 e. The fraction of sp³-hybridized carbons (Fsp3) is 0.500. The fourth-order valence-corrected chi connectivity index (χ4v) is 4.32. The Kier molecular flexibility index (Phi) is 7.25. The molecular formula is C26H36N4O. The molecule has 4 rings (SSSR count). The normalized spacial score (nSPS) is 16.2. The summed E-state index contributed by atoms with van der Waals surface area (Å²) in [6.45, 7) is 5.94. The van der Waals surface area contributed by atoms with E-state index < -0.39 is 0 Å². The highest BCUT2D eigenvalue weighted by Gasteiger charge is 2.27. The molecule has 1 saturated carbocycles. The lowest BCUT2D eigenvalue weighted by molar-refractivity contribution is -0.130. The van der Waals surface area contributed by atoms with Gasteiger partial charge in [0, 0.05) is 45.0 Å². The summed E-state index contributed by atoms with van der Waals surface area (Å²) in [4.78, 5) is 19.8. The molecule has 2 aromatic carbocycles. The SMILES string of the molecule is CN(C)CCN(Cc1ccccc1)C(=O)CNc1cccc2c1CN(CC1CC1)CC2. The molecule has 0 radical (unpaired) electrons. The average Bonchev–Trinajstić information content (AvgIpc) is 3.59. The second-order valence-electron chi connectivity index (χ2n) is 9.33. The Morgan fingerprint density at radius 2 is 1.87 bits per heavy atom. The Morgan fingerprint density at radius 1 is 1.06 bits per heavy atom. The van der Waals surface area contributed by atoms with E-state index in [2.05, 4.69) is 45.4 Å². The van der Waals surface area contributed by atoms with Gasteiger partial charge >= 0.3 is 0 Å². The molecule has 0 bridgehead atoms. The van der Waals surface area contributed by atoms with Crippen molar-refractivity contribution in [2.75, 3.05) is 52.1 Å². The van der Waals surface area contributed by atoms with Crippen LogP contribution >= 0.6 is 0 Å². The third-order valence-electron chi connectivity index (χ3n) is 6.38. The Labute approximate surface area is 187 Å². The number of benzene rings is 2. The van der Waals surface area contributed by atoms with E-state index in [1.54, 1.807) is 0 Å². The molecule has 2 aromatic rings. The number of rotatable bonds is 10. The van der Waals surface area contributed by atoms with Crippen LogP contribution in [0.3, 0.4) is 0 Å². The second kappa shape index (κ2) is 10.3. The first-order valence-corrected chi connectivity index (χ1v) is 11.6. The third kappa shape index (κ3) is 6.31. The van der Waals surface area contributed by atoms with Gasteiger partial charge in [-0.25, -0.2) is 0 Å². The van der Waals surface area contributed by atoms with Gasteiger partial charge in [-0.1, -0.05) is 42.5 Å². The van der Waals surface area contributed by atoms with Gasteiger partial charge in [0.15, 0.2) is 0 Å². The Hall–Kier alpha value is -2.37. The van der Waals surface area contributed by atoms with Gasteiger partial charge in [0.05, 0.1) is 6.54 Å². The minimum absolute atomic E-state index is 0.147. The molecule has 0 aromatic heterocycles. The van der Waals surface area contributed by atoms with E-state index in [0.717, 1.165) is 44.2 Å². The number of anilines is 1. The molecule has 5 nitrogen and oxygen atoms in total. The maximum absolute atomic E-state index is 13.2. The van der Waals surface area contributed by atoms with E-state index >= 15 is 0 Å². The van der Waals surface area contributed by atoms with E-state index in [1.807, 2.05) is 37.2 Å². The first-order valence-electron chi connectivity index (χ1n) is 11.6. The average molecular weight is 421 g/mol. The molecule has 0 spiro atoms. The molecule has 1 N–H and O–H groups in total. The highest BCUT2D eigenvalue weighted by atomic mass is 16.2. The molecule has 0 atom stereocenters. The summed E-state index contributed by atoms with van der Waals surface area (Å²) < 4.78 is 0. The van der Waals surface area contributed by atoms with E-state index in [0.29, 0.717) is 13.1 Å². The van der Waals surface area contributed by atoms with Crippen LogP contribution in [0.2, 0.25) is 0 Å². The molecule has 1 amide bonds. The highest BCUT2D eigenvalue weighted by molar-refractivity contribution is 5.81. The fourth-order valence-electron chi connectivity index (χ4n) is 4.32. The van der Waals surface area contributed by atoms with Crippen molar-refractivity contribution in [3.8, 4) is 0 Å². The van der Waals surface area contributed by atoms with Crippen molar-refractivity contribution in [2.45, 2.75) is 32.4 Å². The summed E-state index contributed by atoms with van der Waals surface area (Å²) in [6, 6.07) is 16.8. The molecule has 1 heterocycles. The van der Waals surface area contributed by atoms with Gasteiger partial charge < -0.3 is 15.1 Å². The molecule has 1 aliphatic carbocycles. The number of hydrogen-bond donors (Lipinski definition) is 1. The molecule has 1 fully saturated rings. The lowest BCUT2D eigenvalue weighted by atomic mass is 9.97. The van der Waals surface area contributed by atoms with Crippen LogP contribution in [-0.4, -0.2) is 67.4 Å². The van der Waals surface area contributed by atoms with Gasteiger partial charge in [0.2, 0.25) is 5.91 Å². The first-order chi connectivity index (χ1) is 15.1. The van der Waals surface area contributed by atoms with Crippen LogP contribution in [0.5, 0.6) is 0 Å². The van der Waals surface area contributed by atoms with Crippen LogP contribution in [0, 0.1) is 5.92 Å². The summed E-state index contributed by atoms with van der Waals surface area (Å²) in [7, 11) is 4.10. The molecule has 1 aliphatic heterocycles. The van der Waals surface area contributed by atoms with Crippen molar-refractivity contribution in [2.24, 2.45) is 5.92 Å². The predicted octanol–water partition coefficient (Wildman–Crippen LogP) is 3.46. The van der Waals surface area contributed by atoms with Gasteiger partial charge in [-0.15, -0.1) is 0 Å². The minimum Gasteiger partial charge on any atom is -0.376 e. The zero-order chi connectivity index (χ0) is 21.6. The number of likely N-dealkylation sites (N-methyl/N-ethyl adjacent to an activating group) is 1. The third-order valence-corrected chi connectivity index (χ3v) is 6.38. The van der Waals surface area contributed by atoms with Crippen molar-refractivity contribution in [3.63, 3.8) is 0 Å². The second-order valence-corrected chi connectivity index (χ2v) is 9.33. The zero-order valence-corrected chi connectivity index (χ0v) is 19.0. The van der Waals surface area contributed by atoms with Crippen molar-refractivity contribution in [3.05, 3.63) is 65.2 Å². The number of nitrogens with zero attached hydrogens (tertiary/aromatic N) is 3. The van der Waals surface area contributed by atoms with Crippen molar-refractivity contribution < 1.29 is 4.79 Å². The van der Waals surface area contributed by atoms with Crippen LogP contribution in [0.4, 0.5) is 5.69 Å². The van der Waals surface area contributed by atoms with Crippen molar-refractivity contribution >= 4 is 11.6 Å². The van der Waals surface area contributed by atoms with E-state index in [9.17, 15) is 4.79 Å². The highest BCUT2D eigenvalue weighted by Crippen LogP contribution is 2.33.